The first-order chi connectivity index (χ1) is 12.9. The van der Waals surface area contributed by atoms with Crippen LogP contribution in [0.2, 0.25) is 10.0 Å². The third kappa shape index (κ3) is 5.03. The molecule has 3 rings (SSSR count). The second kappa shape index (κ2) is 8.92. The van der Waals surface area contributed by atoms with E-state index in [1.807, 2.05) is 0 Å². The van der Waals surface area contributed by atoms with Crippen molar-refractivity contribution in [3.63, 3.8) is 0 Å². The van der Waals surface area contributed by atoms with Crippen molar-refractivity contribution in [2.75, 3.05) is 19.6 Å². The number of carbonyl (C=O) groups is 1. The van der Waals surface area contributed by atoms with Gasteiger partial charge in [0.2, 0.25) is 10.0 Å². The van der Waals surface area contributed by atoms with Gasteiger partial charge in [-0.15, -0.1) is 11.3 Å². The molecule has 0 radical (unpaired) electrons. The van der Waals surface area contributed by atoms with E-state index in [1.165, 1.54) is 10.4 Å². The highest BCUT2D eigenvalue weighted by Crippen LogP contribution is 2.27. The van der Waals surface area contributed by atoms with Gasteiger partial charge in [-0.05, 0) is 54.5 Å². The number of thiophene rings is 1. The summed E-state index contributed by atoms with van der Waals surface area (Å²) in [4.78, 5) is 12.9. The van der Waals surface area contributed by atoms with Gasteiger partial charge >= 0.3 is 0 Å². The highest BCUT2D eigenvalue weighted by atomic mass is 35.5. The van der Waals surface area contributed by atoms with E-state index in [2.05, 4.69) is 5.32 Å². The van der Waals surface area contributed by atoms with E-state index >= 15 is 0 Å². The zero-order valence-corrected chi connectivity index (χ0v) is 17.7. The molecule has 0 unspecified atom stereocenters. The van der Waals surface area contributed by atoms with E-state index in [9.17, 15) is 13.2 Å². The molecule has 1 aliphatic rings. The van der Waals surface area contributed by atoms with Crippen LogP contribution < -0.4 is 5.32 Å². The Bertz CT molecular complexity index is 902. The number of halogens is 2. The molecular formula is C18H20Cl2N2O3S2. The third-order valence-corrected chi connectivity index (χ3v) is 7.81. The van der Waals surface area contributed by atoms with Gasteiger partial charge in [-0.3, -0.25) is 4.79 Å². The van der Waals surface area contributed by atoms with E-state index < -0.39 is 10.0 Å². The fourth-order valence-electron chi connectivity index (χ4n) is 3.07. The SMILES string of the molecule is O=C(NCCc1cc(Cl)cc(Cl)c1)c1sccc1S(=O)(=O)N1CCCCC1. The number of hydrogen-bond donors (Lipinski definition) is 1. The van der Waals surface area contributed by atoms with Crippen molar-refractivity contribution in [1.82, 2.24) is 9.62 Å². The summed E-state index contributed by atoms with van der Waals surface area (Å²) < 4.78 is 27.2. The first-order valence-electron chi connectivity index (χ1n) is 8.69. The number of hydrogen-bond acceptors (Lipinski definition) is 4. The first-order valence-corrected chi connectivity index (χ1v) is 11.8. The lowest BCUT2D eigenvalue weighted by molar-refractivity contribution is 0.0955. The van der Waals surface area contributed by atoms with Gasteiger partial charge in [0, 0.05) is 29.7 Å². The van der Waals surface area contributed by atoms with Crippen molar-refractivity contribution in [3.8, 4) is 0 Å². The number of amides is 1. The molecule has 1 aromatic heterocycles. The zero-order chi connectivity index (χ0) is 19.4. The minimum atomic E-state index is -3.63. The van der Waals surface area contributed by atoms with Gasteiger partial charge in [0.15, 0.2) is 0 Å². The molecule has 1 aliphatic heterocycles. The lowest BCUT2D eigenvalue weighted by Gasteiger charge is -2.25. The van der Waals surface area contributed by atoms with E-state index in [-0.39, 0.29) is 15.7 Å². The van der Waals surface area contributed by atoms with Gasteiger partial charge in [0.1, 0.15) is 9.77 Å². The van der Waals surface area contributed by atoms with Crippen molar-refractivity contribution in [3.05, 3.63) is 50.1 Å². The topological polar surface area (TPSA) is 66.5 Å². The molecule has 2 aromatic rings. The van der Waals surface area contributed by atoms with Gasteiger partial charge < -0.3 is 5.32 Å². The molecule has 9 heteroatoms. The molecule has 0 atom stereocenters. The Morgan fingerprint density at radius 3 is 2.44 bits per heavy atom. The van der Waals surface area contributed by atoms with Crippen molar-refractivity contribution in [2.24, 2.45) is 0 Å². The Kier molecular flexibility index (Phi) is 6.81. The molecule has 0 saturated carbocycles. The second-order valence-electron chi connectivity index (χ2n) is 6.36. The van der Waals surface area contributed by atoms with Gasteiger partial charge in [0.25, 0.3) is 5.91 Å². The molecule has 1 fully saturated rings. The molecule has 146 valence electrons. The summed E-state index contributed by atoms with van der Waals surface area (Å²) in [5.74, 6) is -0.381. The van der Waals surface area contributed by atoms with Crippen LogP contribution >= 0.6 is 34.5 Å². The molecule has 2 heterocycles. The number of sulfonamides is 1. The number of benzene rings is 1. The van der Waals surface area contributed by atoms with Crippen LogP contribution in [-0.4, -0.2) is 38.3 Å². The molecule has 5 nitrogen and oxygen atoms in total. The molecule has 1 saturated heterocycles. The van der Waals surface area contributed by atoms with Crippen LogP contribution in [0.5, 0.6) is 0 Å². The van der Waals surface area contributed by atoms with E-state index in [1.54, 1.807) is 23.6 Å². The summed E-state index contributed by atoms with van der Waals surface area (Å²) in [7, 11) is -3.63. The summed E-state index contributed by atoms with van der Waals surface area (Å²) in [5, 5.41) is 5.51. The number of carbonyl (C=O) groups excluding carboxylic acids is 1. The normalized spacial score (nSPS) is 15.6. The lowest BCUT2D eigenvalue weighted by atomic mass is 10.1. The summed E-state index contributed by atoms with van der Waals surface area (Å²) in [5.41, 5.74) is 0.903. The number of nitrogens with zero attached hydrogens (tertiary/aromatic N) is 1. The van der Waals surface area contributed by atoms with Crippen LogP contribution in [0.4, 0.5) is 0 Å². The van der Waals surface area contributed by atoms with Crippen LogP contribution in [-0.2, 0) is 16.4 Å². The molecule has 1 aromatic carbocycles. The summed E-state index contributed by atoms with van der Waals surface area (Å²) in [6.45, 7) is 1.38. The zero-order valence-electron chi connectivity index (χ0n) is 14.6. The summed E-state index contributed by atoms with van der Waals surface area (Å²) in [6, 6.07) is 6.74. The Balaban J connectivity index is 1.66. The highest BCUT2D eigenvalue weighted by Gasteiger charge is 2.30. The number of piperidine rings is 1. The lowest BCUT2D eigenvalue weighted by Crippen LogP contribution is -2.36. The average molecular weight is 447 g/mol. The van der Waals surface area contributed by atoms with Gasteiger partial charge in [-0.1, -0.05) is 29.6 Å². The van der Waals surface area contributed by atoms with Crippen LogP contribution in [0.1, 0.15) is 34.5 Å². The van der Waals surface area contributed by atoms with Crippen molar-refractivity contribution in [2.45, 2.75) is 30.6 Å². The maximum atomic E-state index is 12.9. The number of rotatable bonds is 6. The quantitative estimate of drug-likeness (QED) is 0.722. The fraction of sp³-hybridized carbons (Fsp3) is 0.389. The van der Waals surface area contributed by atoms with Crippen molar-refractivity contribution < 1.29 is 13.2 Å². The Hall–Kier alpha value is -1.12. The first kappa shape index (κ1) is 20.6. The van der Waals surface area contributed by atoms with E-state index in [4.69, 9.17) is 23.2 Å². The van der Waals surface area contributed by atoms with E-state index in [0.717, 1.165) is 36.2 Å². The fourth-order valence-corrected chi connectivity index (χ4v) is 6.47. The molecule has 27 heavy (non-hydrogen) atoms. The largest absolute Gasteiger partial charge is 0.351 e. The molecule has 1 amide bonds. The number of nitrogens with one attached hydrogen (secondary N) is 1. The van der Waals surface area contributed by atoms with Gasteiger partial charge in [0.05, 0.1) is 0 Å². The standard InChI is InChI=1S/C18H20Cl2N2O3S2/c19-14-10-13(11-15(20)12-14)4-6-21-18(23)17-16(5-9-26-17)27(24,25)22-7-2-1-3-8-22/h5,9-12H,1-4,6-8H2,(H,21,23). The molecule has 1 N–H and O–H groups in total. The van der Waals surface area contributed by atoms with Crippen LogP contribution in [0.25, 0.3) is 0 Å². The monoisotopic (exact) mass is 446 g/mol. The van der Waals surface area contributed by atoms with Crippen LogP contribution in [0.3, 0.4) is 0 Å². The summed E-state index contributed by atoms with van der Waals surface area (Å²) in [6.07, 6.45) is 3.29. The molecular weight excluding hydrogens is 427 g/mol. The summed E-state index contributed by atoms with van der Waals surface area (Å²) >= 11 is 13.1. The van der Waals surface area contributed by atoms with Gasteiger partial charge in [-0.2, -0.15) is 4.31 Å². The smallest absolute Gasteiger partial charge is 0.262 e. The highest BCUT2D eigenvalue weighted by molar-refractivity contribution is 7.89. The maximum absolute atomic E-state index is 12.9. The Labute approximate surface area is 173 Å². The van der Waals surface area contributed by atoms with Crippen LogP contribution in [0.15, 0.2) is 34.5 Å². The predicted molar refractivity (Wildman–Crippen MR) is 109 cm³/mol. The average Bonchev–Trinajstić information content (AvgIpc) is 3.12. The minimum absolute atomic E-state index is 0.0951. The van der Waals surface area contributed by atoms with E-state index in [0.29, 0.717) is 36.1 Å². The molecule has 0 spiro atoms. The second-order valence-corrected chi connectivity index (χ2v) is 10.1. The Morgan fingerprint density at radius 1 is 1.11 bits per heavy atom. The third-order valence-electron chi connectivity index (χ3n) is 4.39. The molecule has 0 bridgehead atoms. The van der Waals surface area contributed by atoms with Gasteiger partial charge in [-0.25, -0.2) is 8.42 Å². The van der Waals surface area contributed by atoms with Crippen molar-refractivity contribution >= 4 is 50.5 Å². The Morgan fingerprint density at radius 2 is 1.78 bits per heavy atom. The molecule has 0 aliphatic carbocycles. The maximum Gasteiger partial charge on any atom is 0.262 e. The van der Waals surface area contributed by atoms with Crippen molar-refractivity contribution in [1.29, 1.82) is 0 Å². The minimum Gasteiger partial charge on any atom is -0.351 e. The predicted octanol–water partition coefficient (Wildman–Crippen LogP) is 4.20. The van der Waals surface area contributed by atoms with Crippen LogP contribution in [0, 0.1) is 0 Å².